The van der Waals surface area contributed by atoms with E-state index >= 15 is 0 Å². The van der Waals surface area contributed by atoms with E-state index in [0.29, 0.717) is 51.4 Å². The largest absolute Gasteiger partial charge is 0.494 e. The van der Waals surface area contributed by atoms with Crippen LogP contribution in [0.25, 0.3) is 0 Å². The Morgan fingerprint density at radius 2 is 1.81 bits per heavy atom. The van der Waals surface area contributed by atoms with Crippen molar-refractivity contribution in [3.8, 4) is 5.75 Å². The first-order valence-corrected chi connectivity index (χ1v) is 12.1. The highest BCUT2D eigenvalue weighted by atomic mass is 32.2. The number of hydrogen-bond donors (Lipinski definition) is 0. The number of carbonyl (C=O) groups is 1. The average molecular weight is 449 g/mol. The molecule has 168 valence electrons. The van der Waals surface area contributed by atoms with Gasteiger partial charge in [0.2, 0.25) is 15.9 Å². The smallest absolute Gasteiger partial charge is 0.243 e. The van der Waals surface area contributed by atoms with Crippen LogP contribution in [-0.4, -0.2) is 49.8 Å². The molecule has 0 N–H and O–H groups in total. The van der Waals surface area contributed by atoms with Gasteiger partial charge >= 0.3 is 0 Å². The number of benzene rings is 2. The van der Waals surface area contributed by atoms with Crippen LogP contribution in [0, 0.1) is 11.7 Å². The number of halogens is 1. The van der Waals surface area contributed by atoms with Crippen molar-refractivity contribution >= 4 is 15.9 Å². The monoisotopic (exact) mass is 448 g/mol. The Kier molecular flexibility index (Phi) is 7.67. The summed E-state index contributed by atoms with van der Waals surface area (Å²) in [6.45, 7) is 5.73. The molecule has 0 aliphatic carbocycles. The van der Waals surface area contributed by atoms with Crippen LogP contribution in [0.2, 0.25) is 0 Å². The fraction of sp³-hybridized carbons (Fsp3) is 0.435. The number of carbonyl (C=O) groups excluding carboxylic acids is 1. The molecule has 2 aromatic carbocycles. The lowest BCUT2D eigenvalue weighted by atomic mass is 9.96. The van der Waals surface area contributed by atoms with E-state index in [1.165, 1.54) is 16.4 Å². The minimum atomic E-state index is -3.61. The maximum Gasteiger partial charge on any atom is 0.243 e. The summed E-state index contributed by atoms with van der Waals surface area (Å²) >= 11 is 0. The second-order valence-corrected chi connectivity index (χ2v) is 9.50. The zero-order valence-corrected chi connectivity index (χ0v) is 18.8. The molecule has 3 rings (SSSR count). The molecule has 1 heterocycles. The van der Waals surface area contributed by atoms with Crippen molar-refractivity contribution < 1.29 is 22.3 Å². The van der Waals surface area contributed by atoms with Crippen LogP contribution < -0.4 is 4.74 Å². The van der Waals surface area contributed by atoms with Gasteiger partial charge in [-0.2, -0.15) is 4.31 Å². The first-order valence-electron chi connectivity index (χ1n) is 10.6. The summed E-state index contributed by atoms with van der Waals surface area (Å²) in [4.78, 5) is 14.9. The molecule has 2 aromatic rings. The van der Waals surface area contributed by atoms with Gasteiger partial charge in [-0.3, -0.25) is 4.79 Å². The molecule has 1 amide bonds. The van der Waals surface area contributed by atoms with Crippen molar-refractivity contribution in [2.45, 2.75) is 38.1 Å². The molecule has 1 fully saturated rings. The number of ether oxygens (including phenoxy) is 1. The Labute approximate surface area is 183 Å². The SMILES string of the molecule is CCOc1ccc(S(=O)(=O)N2CCC(C(=O)N(CC)Cc3cccc(F)c3)CC2)cc1. The quantitative estimate of drug-likeness (QED) is 0.618. The van der Waals surface area contributed by atoms with Crippen LogP contribution >= 0.6 is 0 Å². The third kappa shape index (κ3) is 5.62. The number of piperidine rings is 1. The van der Waals surface area contributed by atoms with Crippen LogP contribution in [0.5, 0.6) is 5.75 Å². The van der Waals surface area contributed by atoms with E-state index < -0.39 is 10.0 Å². The number of amides is 1. The van der Waals surface area contributed by atoms with Crippen LogP contribution in [-0.2, 0) is 21.4 Å². The lowest BCUT2D eigenvalue weighted by Gasteiger charge is -2.33. The molecule has 8 heteroatoms. The minimum Gasteiger partial charge on any atom is -0.494 e. The van der Waals surface area contributed by atoms with Gasteiger partial charge in [0.05, 0.1) is 11.5 Å². The fourth-order valence-electron chi connectivity index (χ4n) is 3.83. The van der Waals surface area contributed by atoms with E-state index in [1.54, 1.807) is 41.3 Å². The van der Waals surface area contributed by atoms with Crippen molar-refractivity contribution in [2.75, 3.05) is 26.2 Å². The van der Waals surface area contributed by atoms with Gasteiger partial charge in [-0.1, -0.05) is 12.1 Å². The Balaban J connectivity index is 1.61. The normalized spacial score (nSPS) is 15.6. The lowest BCUT2D eigenvalue weighted by molar-refractivity contribution is -0.137. The van der Waals surface area contributed by atoms with Gasteiger partial charge in [-0.15, -0.1) is 0 Å². The Hall–Kier alpha value is -2.45. The highest BCUT2D eigenvalue weighted by Gasteiger charge is 2.33. The topological polar surface area (TPSA) is 66.9 Å². The van der Waals surface area contributed by atoms with Gasteiger partial charge in [-0.25, -0.2) is 12.8 Å². The van der Waals surface area contributed by atoms with E-state index in [-0.39, 0.29) is 22.5 Å². The first-order chi connectivity index (χ1) is 14.8. The molecule has 0 radical (unpaired) electrons. The highest BCUT2D eigenvalue weighted by molar-refractivity contribution is 7.89. The van der Waals surface area contributed by atoms with E-state index in [0.717, 1.165) is 5.56 Å². The van der Waals surface area contributed by atoms with Crippen molar-refractivity contribution in [1.82, 2.24) is 9.21 Å². The van der Waals surface area contributed by atoms with E-state index in [9.17, 15) is 17.6 Å². The standard InChI is InChI=1S/C23H29FN2O4S/c1-3-25(17-18-6-5-7-20(24)16-18)23(27)19-12-14-26(15-13-19)31(28,29)22-10-8-21(9-11-22)30-4-2/h5-11,16,19H,3-4,12-15,17H2,1-2H3. The Bertz CT molecular complexity index is 987. The number of rotatable bonds is 8. The second-order valence-electron chi connectivity index (χ2n) is 7.57. The fourth-order valence-corrected chi connectivity index (χ4v) is 5.30. The summed E-state index contributed by atoms with van der Waals surface area (Å²) in [6, 6.07) is 12.6. The molecule has 0 aromatic heterocycles. The molecule has 0 unspecified atom stereocenters. The Morgan fingerprint density at radius 3 is 2.39 bits per heavy atom. The maximum absolute atomic E-state index is 13.5. The van der Waals surface area contributed by atoms with E-state index in [4.69, 9.17) is 4.74 Å². The first kappa shape index (κ1) is 23.2. The average Bonchev–Trinajstić information content (AvgIpc) is 2.78. The van der Waals surface area contributed by atoms with Crippen molar-refractivity contribution in [3.05, 3.63) is 59.9 Å². The predicted molar refractivity (Wildman–Crippen MR) is 117 cm³/mol. The molecule has 0 bridgehead atoms. The summed E-state index contributed by atoms with van der Waals surface area (Å²) in [5.41, 5.74) is 0.741. The van der Waals surface area contributed by atoms with Gasteiger partial charge in [0.25, 0.3) is 0 Å². The highest BCUT2D eigenvalue weighted by Crippen LogP contribution is 2.26. The summed E-state index contributed by atoms with van der Waals surface area (Å²) in [5, 5.41) is 0. The molecule has 0 spiro atoms. The summed E-state index contributed by atoms with van der Waals surface area (Å²) in [7, 11) is -3.61. The number of hydrogen-bond acceptors (Lipinski definition) is 4. The lowest BCUT2D eigenvalue weighted by Crippen LogP contribution is -2.44. The van der Waals surface area contributed by atoms with Crippen molar-refractivity contribution in [3.63, 3.8) is 0 Å². The van der Waals surface area contributed by atoms with E-state index in [1.807, 2.05) is 13.8 Å². The minimum absolute atomic E-state index is 0.00937. The zero-order valence-electron chi connectivity index (χ0n) is 18.0. The molecule has 6 nitrogen and oxygen atoms in total. The third-order valence-electron chi connectivity index (χ3n) is 5.53. The zero-order chi connectivity index (χ0) is 22.4. The molecule has 0 atom stereocenters. The molecular weight excluding hydrogens is 419 g/mol. The number of sulfonamides is 1. The molecule has 1 saturated heterocycles. The van der Waals surface area contributed by atoms with Crippen molar-refractivity contribution in [1.29, 1.82) is 0 Å². The molecular formula is C23H29FN2O4S. The Morgan fingerprint density at radius 1 is 1.13 bits per heavy atom. The van der Waals surface area contributed by atoms with Gasteiger partial charge in [0, 0.05) is 32.1 Å². The molecule has 1 aliphatic heterocycles. The van der Waals surface area contributed by atoms with Crippen molar-refractivity contribution in [2.24, 2.45) is 5.92 Å². The van der Waals surface area contributed by atoms with Gasteiger partial charge in [0.15, 0.2) is 0 Å². The number of nitrogens with zero attached hydrogens (tertiary/aromatic N) is 2. The maximum atomic E-state index is 13.5. The third-order valence-corrected chi connectivity index (χ3v) is 7.44. The molecule has 1 aliphatic rings. The van der Waals surface area contributed by atoms with E-state index in [2.05, 4.69) is 0 Å². The van der Waals surface area contributed by atoms with Crippen LogP contribution in [0.4, 0.5) is 4.39 Å². The molecule has 0 saturated carbocycles. The van der Waals surface area contributed by atoms with Gasteiger partial charge < -0.3 is 9.64 Å². The van der Waals surface area contributed by atoms with Crippen LogP contribution in [0.15, 0.2) is 53.4 Å². The summed E-state index contributed by atoms with van der Waals surface area (Å²) in [6.07, 6.45) is 0.934. The van der Waals surface area contributed by atoms with Crippen LogP contribution in [0.1, 0.15) is 32.3 Å². The summed E-state index contributed by atoms with van der Waals surface area (Å²) < 4.78 is 46.2. The van der Waals surface area contributed by atoms with Gasteiger partial charge in [0.1, 0.15) is 11.6 Å². The van der Waals surface area contributed by atoms with Crippen LogP contribution in [0.3, 0.4) is 0 Å². The van der Waals surface area contributed by atoms with Gasteiger partial charge in [-0.05, 0) is 68.7 Å². The predicted octanol–water partition coefficient (Wildman–Crippen LogP) is 3.67. The molecule has 31 heavy (non-hydrogen) atoms. The summed E-state index contributed by atoms with van der Waals surface area (Å²) in [5.74, 6) is 0.0580. The second kappa shape index (κ2) is 10.2.